The number of hydrogen-bond acceptors (Lipinski definition) is 6. The summed E-state index contributed by atoms with van der Waals surface area (Å²) < 4.78 is 9.66. The first kappa shape index (κ1) is 15.9. The second kappa shape index (κ2) is 6.53. The van der Waals surface area contributed by atoms with E-state index in [9.17, 15) is 9.90 Å². The summed E-state index contributed by atoms with van der Waals surface area (Å²) in [5.74, 6) is 0.0105. The van der Waals surface area contributed by atoms with Gasteiger partial charge in [0, 0.05) is 32.7 Å². The average Bonchev–Trinajstić information content (AvgIpc) is 2.85. The quantitative estimate of drug-likeness (QED) is 0.854. The van der Waals surface area contributed by atoms with Crippen LogP contribution in [-0.2, 0) is 16.0 Å². The number of ether oxygens (including phenoxy) is 1. The Bertz CT molecular complexity index is 490. The molecule has 7 heteroatoms. The van der Waals surface area contributed by atoms with Gasteiger partial charge in [-0.2, -0.15) is 0 Å². The number of methoxy groups -OCH3 is 1. The Morgan fingerprint density at radius 3 is 2.90 bits per heavy atom. The molecule has 1 N–H and O–H groups in total. The number of hydrogen-bond donors (Lipinski definition) is 1. The molecule has 1 saturated heterocycles. The zero-order chi connectivity index (χ0) is 15.5. The van der Waals surface area contributed by atoms with Gasteiger partial charge in [-0.1, -0.05) is 17.2 Å². The van der Waals surface area contributed by atoms with Crippen molar-refractivity contribution < 1.29 is 19.3 Å². The fourth-order valence-corrected chi connectivity index (χ4v) is 2.71. The van der Waals surface area contributed by atoms with Crippen molar-refractivity contribution in [2.45, 2.75) is 38.7 Å². The van der Waals surface area contributed by atoms with Crippen molar-refractivity contribution >= 4 is 5.91 Å². The maximum Gasteiger partial charge on any atom is 0.228 e. The molecule has 1 fully saturated rings. The van der Waals surface area contributed by atoms with E-state index in [1.165, 1.54) is 0 Å². The van der Waals surface area contributed by atoms with E-state index < -0.39 is 5.60 Å². The highest BCUT2D eigenvalue weighted by Crippen LogP contribution is 2.31. The fraction of sp³-hybridized carbons (Fsp3) is 0.786. The van der Waals surface area contributed by atoms with E-state index in [0.717, 1.165) is 0 Å². The second-order valence-corrected chi connectivity index (χ2v) is 5.81. The summed E-state index contributed by atoms with van der Waals surface area (Å²) in [5, 5.41) is 18.0. The van der Waals surface area contributed by atoms with Gasteiger partial charge in [0.25, 0.3) is 0 Å². The van der Waals surface area contributed by atoms with E-state index >= 15 is 0 Å². The molecule has 118 valence electrons. The molecule has 1 aliphatic rings. The first-order valence-electron chi connectivity index (χ1n) is 7.23. The largest absolute Gasteiger partial charge is 0.389 e. The van der Waals surface area contributed by atoms with Crippen LogP contribution in [0, 0.1) is 12.8 Å². The van der Waals surface area contributed by atoms with Gasteiger partial charge in [-0.05, 0) is 19.8 Å². The Labute approximate surface area is 124 Å². The van der Waals surface area contributed by atoms with Crippen LogP contribution in [0.5, 0.6) is 0 Å². The lowest BCUT2D eigenvalue weighted by Gasteiger charge is -2.43. The summed E-state index contributed by atoms with van der Waals surface area (Å²) in [6.07, 6.45) is 1.36. The molecule has 0 spiro atoms. The van der Waals surface area contributed by atoms with Crippen LogP contribution in [0.25, 0.3) is 0 Å². The van der Waals surface area contributed by atoms with E-state index in [4.69, 9.17) is 4.74 Å². The molecule has 21 heavy (non-hydrogen) atoms. The summed E-state index contributed by atoms with van der Waals surface area (Å²) in [4.78, 5) is 14.1. The summed E-state index contributed by atoms with van der Waals surface area (Å²) in [7, 11) is 1.63. The fourth-order valence-electron chi connectivity index (χ4n) is 2.71. The van der Waals surface area contributed by atoms with Gasteiger partial charge in [-0.3, -0.25) is 4.79 Å². The smallest absolute Gasteiger partial charge is 0.228 e. The van der Waals surface area contributed by atoms with Crippen LogP contribution in [0.3, 0.4) is 0 Å². The molecule has 1 amide bonds. The first-order chi connectivity index (χ1) is 9.96. The van der Waals surface area contributed by atoms with E-state index in [1.807, 2.05) is 6.92 Å². The molecule has 2 atom stereocenters. The van der Waals surface area contributed by atoms with Crippen molar-refractivity contribution in [2.24, 2.45) is 5.92 Å². The van der Waals surface area contributed by atoms with Crippen molar-refractivity contribution in [3.63, 3.8) is 0 Å². The molecule has 0 aromatic carbocycles. The van der Waals surface area contributed by atoms with Gasteiger partial charge in [0.05, 0.1) is 12.0 Å². The molecular formula is C14H23N3O4. The lowest BCUT2D eigenvalue weighted by molar-refractivity contribution is -0.140. The minimum absolute atomic E-state index is 0.00515. The maximum absolute atomic E-state index is 12.3. The Kier molecular flexibility index (Phi) is 4.95. The molecule has 1 aliphatic heterocycles. The van der Waals surface area contributed by atoms with Crippen molar-refractivity contribution in [1.82, 2.24) is 15.2 Å². The van der Waals surface area contributed by atoms with Gasteiger partial charge in [0.15, 0.2) is 0 Å². The van der Waals surface area contributed by atoms with E-state index in [2.05, 4.69) is 14.9 Å². The van der Waals surface area contributed by atoms with Crippen LogP contribution in [0.4, 0.5) is 0 Å². The van der Waals surface area contributed by atoms with E-state index in [-0.39, 0.29) is 18.2 Å². The molecule has 7 nitrogen and oxygen atoms in total. The third-order valence-corrected chi connectivity index (χ3v) is 4.38. The van der Waals surface area contributed by atoms with Gasteiger partial charge >= 0.3 is 0 Å². The summed E-state index contributed by atoms with van der Waals surface area (Å²) >= 11 is 0. The monoisotopic (exact) mass is 297 g/mol. The SMILES string of the molecule is COCCC1(O)CCN(C(=O)Cc2nonc2C)CC1C. The number of piperidine rings is 1. The summed E-state index contributed by atoms with van der Waals surface area (Å²) in [6, 6.07) is 0. The Balaban J connectivity index is 1.92. The van der Waals surface area contributed by atoms with Gasteiger partial charge < -0.3 is 14.7 Å². The molecule has 2 heterocycles. The van der Waals surface area contributed by atoms with Gasteiger partial charge in [-0.15, -0.1) is 0 Å². The van der Waals surface area contributed by atoms with Crippen LogP contribution in [-0.4, -0.2) is 58.6 Å². The predicted octanol–water partition coefficient (Wildman–Crippen LogP) is 0.557. The van der Waals surface area contributed by atoms with Crippen LogP contribution in [0.1, 0.15) is 31.2 Å². The lowest BCUT2D eigenvalue weighted by Crippen LogP contribution is -2.53. The number of carbonyl (C=O) groups is 1. The zero-order valence-electron chi connectivity index (χ0n) is 12.8. The number of rotatable bonds is 5. The number of aromatic nitrogens is 2. The Morgan fingerprint density at radius 2 is 2.33 bits per heavy atom. The number of likely N-dealkylation sites (tertiary alicyclic amines) is 1. The second-order valence-electron chi connectivity index (χ2n) is 5.81. The topological polar surface area (TPSA) is 88.7 Å². The van der Waals surface area contributed by atoms with Crippen molar-refractivity contribution in [2.75, 3.05) is 26.8 Å². The molecule has 0 aliphatic carbocycles. The Hall–Kier alpha value is -1.47. The summed E-state index contributed by atoms with van der Waals surface area (Å²) in [5.41, 5.74) is 0.468. The van der Waals surface area contributed by atoms with Gasteiger partial charge in [0.2, 0.25) is 5.91 Å². The normalized spacial score (nSPS) is 26.1. The lowest BCUT2D eigenvalue weighted by atomic mass is 9.80. The van der Waals surface area contributed by atoms with Crippen LogP contribution in [0.2, 0.25) is 0 Å². The van der Waals surface area contributed by atoms with Crippen LogP contribution in [0.15, 0.2) is 4.63 Å². The number of nitrogens with zero attached hydrogens (tertiary/aromatic N) is 3. The number of amides is 1. The van der Waals surface area contributed by atoms with Crippen LogP contribution < -0.4 is 0 Å². The molecular weight excluding hydrogens is 274 g/mol. The molecule has 0 saturated carbocycles. The molecule has 1 aromatic rings. The zero-order valence-corrected chi connectivity index (χ0v) is 12.8. The molecule has 1 aromatic heterocycles. The number of carbonyl (C=O) groups excluding carboxylic acids is 1. The molecule has 0 bridgehead atoms. The summed E-state index contributed by atoms with van der Waals surface area (Å²) in [6.45, 7) is 5.36. The third-order valence-electron chi connectivity index (χ3n) is 4.38. The van der Waals surface area contributed by atoms with Gasteiger partial charge in [-0.25, -0.2) is 4.63 Å². The maximum atomic E-state index is 12.3. The van der Waals surface area contributed by atoms with Crippen LogP contribution >= 0.6 is 0 Å². The molecule has 2 rings (SSSR count). The van der Waals surface area contributed by atoms with Crippen molar-refractivity contribution in [3.05, 3.63) is 11.4 Å². The predicted molar refractivity (Wildman–Crippen MR) is 74.5 cm³/mol. The third kappa shape index (κ3) is 3.59. The highest BCUT2D eigenvalue weighted by atomic mass is 16.6. The van der Waals surface area contributed by atoms with E-state index in [0.29, 0.717) is 43.9 Å². The first-order valence-corrected chi connectivity index (χ1v) is 7.23. The highest BCUT2D eigenvalue weighted by molar-refractivity contribution is 5.78. The Morgan fingerprint density at radius 1 is 1.57 bits per heavy atom. The standard InChI is InChI=1S/C14H23N3O4/c1-10-9-17(6-4-14(10,19)5-7-20-3)13(18)8-12-11(2)15-21-16-12/h10,19H,4-9H2,1-3H3. The van der Waals surface area contributed by atoms with E-state index in [1.54, 1.807) is 18.9 Å². The average molecular weight is 297 g/mol. The molecule has 2 unspecified atom stereocenters. The van der Waals surface area contributed by atoms with Crippen molar-refractivity contribution in [3.8, 4) is 0 Å². The minimum Gasteiger partial charge on any atom is -0.389 e. The highest BCUT2D eigenvalue weighted by Gasteiger charge is 2.39. The number of aliphatic hydroxyl groups is 1. The van der Waals surface area contributed by atoms with Gasteiger partial charge in [0.1, 0.15) is 11.4 Å². The minimum atomic E-state index is -0.752. The van der Waals surface area contributed by atoms with Crippen molar-refractivity contribution in [1.29, 1.82) is 0 Å². The molecule has 0 radical (unpaired) electrons. The number of aryl methyl sites for hydroxylation is 1.